The first-order chi connectivity index (χ1) is 7.75. The molecule has 2 rings (SSSR count). The number of hydrogen-bond acceptors (Lipinski definition) is 3. The molecule has 0 saturated heterocycles. The van der Waals surface area contributed by atoms with Gasteiger partial charge in [0.25, 0.3) is 0 Å². The number of phenols is 1. The summed E-state index contributed by atoms with van der Waals surface area (Å²) in [5.74, 6) is 1.23. The Balaban J connectivity index is 1.92. The van der Waals surface area contributed by atoms with Crippen LogP contribution in [0.2, 0.25) is 0 Å². The van der Waals surface area contributed by atoms with Gasteiger partial charge in [0.2, 0.25) is 0 Å². The van der Waals surface area contributed by atoms with E-state index >= 15 is 0 Å². The van der Waals surface area contributed by atoms with Crippen LogP contribution in [-0.4, -0.2) is 15.1 Å². The predicted molar refractivity (Wildman–Crippen MR) is 62.0 cm³/mol. The lowest BCUT2D eigenvalue weighted by Crippen LogP contribution is -2.13. The number of aromatic amines is 1. The van der Waals surface area contributed by atoms with Gasteiger partial charge in [-0.05, 0) is 13.0 Å². The van der Waals surface area contributed by atoms with E-state index < -0.39 is 0 Å². The summed E-state index contributed by atoms with van der Waals surface area (Å²) in [6, 6.07) is 5.59. The third-order valence-corrected chi connectivity index (χ3v) is 2.40. The van der Waals surface area contributed by atoms with Gasteiger partial charge in [0, 0.05) is 24.5 Å². The fourth-order valence-corrected chi connectivity index (χ4v) is 1.57. The molecular formula is C12H15N3O. The molecule has 0 amide bonds. The molecule has 0 spiro atoms. The quantitative estimate of drug-likeness (QED) is 0.730. The van der Waals surface area contributed by atoms with Gasteiger partial charge in [-0.1, -0.05) is 17.7 Å². The topological polar surface area (TPSA) is 60.9 Å². The minimum Gasteiger partial charge on any atom is -0.508 e. The van der Waals surface area contributed by atoms with E-state index in [0.29, 0.717) is 18.8 Å². The Hall–Kier alpha value is -1.81. The zero-order valence-corrected chi connectivity index (χ0v) is 9.20. The average Bonchev–Trinajstić information content (AvgIpc) is 2.76. The number of aromatic nitrogens is 2. The smallest absolute Gasteiger partial charge is 0.120 e. The van der Waals surface area contributed by atoms with Gasteiger partial charge in [-0.15, -0.1) is 0 Å². The average molecular weight is 217 g/mol. The second kappa shape index (κ2) is 4.81. The molecule has 0 fully saturated rings. The molecule has 0 unspecified atom stereocenters. The molecule has 0 atom stereocenters. The Morgan fingerprint density at radius 1 is 1.38 bits per heavy atom. The number of benzene rings is 1. The third-order valence-electron chi connectivity index (χ3n) is 2.40. The molecule has 0 saturated carbocycles. The summed E-state index contributed by atoms with van der Waals surface area (Å²) >= 11 is 0. The van der Waals surface area contributed by atoms with Crippen LogP contribution in [0.15, 0.2) is 30.6 Å². The number of aromatic hydroxyl groups is 1. The van der Waals surface area contributed by atoms with Gasteiger partial charge < -0.3 is 15.4 Å². The maximum atomic E-state index is 9.63. The van der Waals surface area contributed by atoms with Crippen molar-refractivity contribution in [2.75, 3.05) is 0 Å². The molecule has 1 heterocycles. The fourth-order valence-electron chi connectivity index (χ4n) is 1.57. The molecule has 4 heteroatoms. The van der Waals surface area contributed by atoms with Crippen molar-refractivity contribution in [3.63, 3.8) is 0 Å². The van der Waals surface area contributed by atoms with Crippen molar-refractivity contribution in [1.82, 2.24) is 15.3 Å². The van der Waals surface area contributed by atoms with E-state index in [4.69, 9.17) is 0 Å². The zero-order chi connectivity index (χ0) is 11.4. The minimum absolute atomic E-state index is 0.331. The van der Waals surface area contributed by atoms with Gasteiger partial charge in [-0.3, -0.25) is 0 Å². The Morgan fingerprint density at radius 2 is 2.25 bits per heavy atom. The number of aryl methyl sites for hydroxylation is 1. The zero-order valence-electron chi connectivity index (χ0n) is 9.20. The predicted octanol–water partition coefficient (Wildman–Crippen LogP) is 1.71. The number of H-pyrrole nitrogens is 1. The number of nitrogens with zero attached hydrogens (tertiary/aromatic N) is 1. The molecule has 2 aromatic rings. The molecule has 84 valence electrons. The highest BCUT2D eigenvalue weighted by atomic mass is 16.3. The van der Waals surface area contributed by atoms with E-state index in [2.05, 4.69) is 15.3 Å². The Morgan fingerprint density at radius 3 is 3.00 bits per heavy atom. The summed E-state index contributed by atoms with van der Waals surface area (Å²) in [5, 5.41) is 12.8. The van der Waals surface area contributed by atoms with Crippen molar-refractivity contribution in [2.24, 2.45) is 0 Å². The lowest BCUT2D eigenvalue weighted by Gasteiger charge is -2.06. The van der Waals surface area contributed by atoms with Crippen molar-refractivity contribution < 1.29 is 5.11 Å². The van der Waals surface area contributed by atoms with E-state index in [1.165, 1.54) is 0 Å². The second-order valence-electron chi connectivity index (χ2n) is 3.77. The minimum atomic E-state index is 0.331. The van der Waals surface area contributed by atoms with E-state index in [0.717, 1.165) is 17.0 Å². The molecule has 0 radical (unpaired) electrons. The lowest BCUT2D eigenvalue weighted by atomic mass is 10.1. The first-order valence-electron chi connectivity index (χ1n) is 5.23. The van der Waals surface area contributed by atoms with Gasteiger partial charge in [0.1, 0.15) is 11.6 Å². The molecule has 3 N–H and O–H groups in total. The van der Waals surface area contributed by atoms with Gasteiger partial charge in [-0.2, -0.15) is 0 Å². The van der Waals surface area contributed by atoms with E-state index in [1.807, 2.05) is 19.1 Å². The van der Waals surface area contributed by atoms with Crippen molar-refractivity contribution in [2.45, 2.75) is 20.0 Å². The Kier molecular flexibility index (Phi) is 3.22. The van der Waals surface area contributed by atoms with Crippen LogP contribution in [0.5, 0.6) is 5.75 Å². The highest BCUT2D eigenvalue weighted by molar-refractivity contribution is 5.35. The van der Waals surface area contributed by atoms with Crippen LogP contribution >= 0.6 is 0 Å². The molecule has 0 aliphatic heterocycles. The van der Waals surface area contributed by atoms with Crippen LogP contribution < -0.4 is 5.32 Å². The summed E-state index contributed by atoms with van der Waals surface area (Å²) < 4.78 is 0. The largest absolute Gasteiger partial charge is 0.508 e. The summed E-state index contributed by atoms with van der Waals surface area (Å²) in [6.07, 6.45) is 3.52. The van der Waals surface area contributed by atoms with Gasteiger partial charge >= 0.3 is 0 Å². The first-order valence-corrected chi connectivity index (χ1v) is 5.23. The molecule has 0 aliphatic rings. The summed E-state index contributed by atoms with van der Waals surface area (Å²) in [4.78, 5) is 7.12. The Bertz CT molecular complexity index is 451. The van der Waals surface area contributed by atoms with E-state index in [-0.39, 0.29) is 0 Å². The van der Waals surface area contributed by atoms with Crippen LogP contribution in [0, 0.1) is 6.92 Å². The van der Waals surface area contributed by atoms with Crippen LogP contribution in [0.4, 0.5) is 0 Å². The lowest BCUT2D eigenvalue weighted by molar-refractivity contribution is 0.464. The Labute approximate surface area is 94.4 Å². The SMILES string of the molecule is Cc1ccc(O)c(CNCc2ncc[nH]2)c1. The molecule has 0 aliphatic carbocycles. The van der Waals surface area contributed by atoms with E-state index in [9.17, 15) is 5.11 Å². The maximum absolute atomic E-state index is 9.63. The monoisotopic (exact) mass is 217 g/mol. The van der Waals surface area contributed by atoms with Crippen LogP contribution in [0.3, 0.4) is 0 Å². The van der Waals surface area contributed by atoms with Crippen molar-refractivity contribution in [3.8, 4) is 5.75 Å². The molecule has 1 aromatic carbocycles. The standard InChI is InChI=1S/C12H15N3O/c1-9-2-3-11(16)10(6-9)7-13-8-12-14-4-5-15-12/h2-6,13,16H,7-8H2,1H3,(H,14,15). The third kappa shape index (κ3) is 2.61. The maximum Gasteiger partial charge on any atom is 0.120 e. The van der Waals surface area contributed by atoms with Crippen LogP contribution in [0.1, 0.15) is 17.0 Å². The van der Waals surface area contributed by atoms with E-state index in [1.54, 1.807) is 18.5 Å². The number of imidazole rings is 1. The molecular weight excluding hydrogens is 202 g/mol. The summed E-state index contributed by atoms with van der Waals surface area (Å²) in [7, 11) is 0. The first kappa shape index (κ1) is 10.7. The van der Waals surface area contributed by atoms with Crippen molar-refractivity contribution in [3.05, 3.63) is 47.5 Å². The number of nitrogens with one attached hydrogen (secondary N) is 2. The molecule has 0 bridgehead atoms. The fraction of sp³-hybridized carbons (Fsp3) is 0.250. The highest BCUT2D eigenvalue weighted by Gasteiger charge is 2.01. The van der Waals surface area contributed by atoms with Crippen LogP contribution in [0.25, 0.3) is 0 Å². The number of hydrogen-bond donors (Lipinski definition) is 3. The van der Waals surface area contributed by atoms with Crippen LogP contribution in [-0.2, 0) is 13.1 Å². The summed E-state index contributed by atoms with van der Waals surface area (Å²) in [6.45, 7) is 3.31. The van der Waals surface area contributed by atoms with Gasteiger partial charge in [0.05, 0.1) is 6.54 Å². The molecule has 1 aromatic heterocycles. The number of phenolic OH excluding ortho intramolecular Hbond substituents is 1. The van der Waals surface area contributed by atoms with Crippen molar-refractivity contribution in [1.29, 1.82) is 0 Å². The second-order valence-corrected chi connectivity index (χ2v) is 3.77. The molecule has 4 nitrogen and oxygen atoms in total. The normalized spacial score (nSPS) is 10.6. The number of rotatable bonds is 4. The summed E-state index contributed by atoms with van der Waals surface area (Å²) in [5.41, 5.74) is 2.05. The van der Waals surface area contributed by atoms with Gasteiger partial charge in [-0.25, -0.2) is 4.98 Å². The highest BCUT2D eigenvalue weighted by Crippen LogP contribution is 2.17. The van der Waals surface area contributed by atoms with Crippen molar-refractivity contribution >= 4 is 0 Å². The molecule has 16 heavy (non-hydrogen) atoms. The van der Waals surface area contributed by atoms with Gasteiger partial charge in [0.15, 0.2) is 0 Å².